The molecule has 0 atom stereocenters. The van der Waals surface area contributed by atoms with Gasteiger partial charge in [-0.1, -0.05) is 48.0 Å². The molecule has 5 rings (SSSR count). The van der Waals surface area contributed by atoms with Gasteiger partial charge in [-0.3, -0.25) is 9.89 Å². The zero-order chi connectivity index (χ0) is 23.3. The van der Waals surface area contributed by atoms with Crippen LogP contribution in [0.2, 0.25) is 5.02 Å². The van der Waals surface area contributed by atoms with E-state index in [2.05, 4.69) is 25.7 Å². The van der Waals surface area contributed by atoms with Crippen LogP contribution in [0.25, 0.3) is 22.2 Å². The number of amides is 1. The first-order chi connectivity index (χ1) is 16.7. The second-order valence-electron chi connectivity index (χ2n) is 7.56. The summed E-state index contributed by atoms with van der Waals surface area (Å²) >= 11 is 6.17. The SMILES string of the molecule is O=C(N/N=C\c1c[nH]c2ccccc12)c1cc(-c2ccc(OCc3ccccc3Cl)cc2)n[nH]1. The molecule has 0 saturated heterocycles. The van der Waals surface area contributed by atoms with Gasteiger partial charge in [0, 0.05) is 38.8 Å². The minimum Gasteiger partial charge on any atom is -0.489 e. The van der Waals surface area contributed by atoms with Crippen LogP contribution in [0.5, 0.6) is 5.75 Å². The van der Waals surface area contributed by atoms with Gasteiger partial charge < -0.3 is 9.72 Å². The zero-order valence-electron chi connectivity index (χ0n) is 18.0. The molecule has 0 aliphatic carbocycles. The van der Waals surface area contributed by atoms with Crippen LogP contribution in [0, 0.1) is 0 Å². The van der Waals surface area contributed by atoms with Gasteiger partial charge in [-0.15, -0.1) is 0 Å². The van der Waals surface area contributed by atoms with Crippen molar-refractivity contribution >= 4 is 34.6 Å². The predicted octanol–water partition coefficient (Wildman–Crippen LogP) is 5.55. The summed E-state index contributed by atoms with van der Waals surface area (Å²) in [5, 5.41) is 12.8. The second kappa shape index (κ2) is 9.64. The lowest BCUT2D eigenvalue weighted by molar-refractivity contribution is 0.0950. The van der Waals surface area contributed by atoms with Crippen LogP contribution in [0.3, 0.4) is 0 Å². The molecule has 0 spiro atoms. The number of carbonyl (C=O) groups excluding carboxylic acids is 1. The number of hydrazone groups is 1. The van der Waals surface area contributed by atoms with Crippen molar-refractivity contribution in [3.05, 3.63) is 107 Å². The molecular formula is C26H20ClN5O2. The maximum atomic E-state index is 12.4. The molecule has 8 heteroatoms. The van der Waals surface area contributed by atoms with Crippen molar-refractivity contribution in [3.8, 4) is 17.0 Å². The molecule has 0 fully saturated rings. The number of hydrogen-bond donors (Lipinski definition) is 3. The molecule has 0 bridgehead atoms. The third-order valence-corrected chi connectivity index (χ3v) is 5.68. The third-order valence-electron chi connectivity index (χ3n) is 5.32. The lowest BCUT2D eigenvalue weighted by Crippen LogP contribution is -2.17. The Labute approximate surface area is 200 Å². The van der Waals surface area contributed by atoms with Gasteiger partial charge in [-0.25, -0.2) is 5.43 Å². The molecule has 0 unspecified atom stereocenters. The molecule has 34 heavy (non-hydrogen) atoms. The number of nitrogens with one attached hydrogen (secondary N) is 3. The number of ether oxygens (including phenoxy) is 1. The van der Waals surface area contributed by atoms with E-state index < -0.39 is 0 Å². The lowest BCUT2D eigenvalue weighted by atomic mass is 10.1. The number of halogens is 1. The Balaban J connectivity index is 1.20. The highest BCUT2D eigenvalue weighted by molar-refractivity contribution is 6.31. The first kappa shape index (κ1) is 21.5. The molecule has 5 aromatic rings. The fraction of sp³-hybridized carbons (Fsp3) is 0.0385. The molecule has 168 valence electrons. The quantitative estimate of drug-likeness (QED) is 0.215. The highest BCUT2D eigenvalue weighted by Crippen LogP contribution is 2.23. The van der Waals surface area contributed by atoms with Crippen LogP contribution >= 0.6 is 11.6 Å². The number of benzene rings is 3. The maximum absolute atomic E-state index is 12.4. The van der Waals surface area contributed by atoms with E-state index in [1.165, 1.54) is 0 Å². The molecule has 2 aromatic heterocycles. The Kier molecular flexibility index (Phi) is 6.09. The van der Waals surface area contributed by atoms with Gasteiger partial charge in [-0.2, -0.15) is 10.2 Å². The normalized spacial score (nSPS) is 11.2. The van der Waals surface area contributed by atoms with E-state index in [0.717, 1.165) is 27.6 Å². The Morgan fingerprint density at radius 2 is 1.85 bits per heavy atom. The van der Waals surface area contributed by atoms with Crippen molar-refractivity contribution in [2.75, 3.05) is 0 Å². The highest BCUT2D eigenvalue weighted by atomic mass is 35.5. The maximum Gasteiger partial charge on any atom is 0.289 e. The number of carbonyl (C=O) groups is 1. The third kappa shape index (κ3) is 4.69. The van der Waals surface area contributed by atoms with Gasteiger partial charge in [0.25, 0.3) is 5.91 Å². The van der Waals surface area contributed by atoms with Crippen molar-refractivity contribution in [3.63, 3.8) is 0 Å². The van der Waals surface area contributed by atoms with Gasteiger partial charge in [0.15, 0.2) is 0 Å². The van der Waals surface area contributed by atoms with Crippen molar-refractivity contribution in [1.82, 2.24) is 20.6 Å². The molecular weight excluding hydrogens is 450 g/mol. The molecule has 0 aliphatic heterocycles. The average molecular weight is 470 g/mol. The van der Waals surface area contributed by atoms with E-state index in [1.54, 1.807) is 12.3 Å². The summed E-state index contributed by atoms with van der Waals surface area (Å²) in [5.74, 6) is 0.332. The Morgan fingerprint density at radius 1 is 1.06 bits per heavy atom. The predicted molar refractivity (Wildman–Crippen MR) is 133 cm³/mol. The molecule has 1 amide bonds. The summed E-state index contributed by atoms with van der Waals surface area (Å²) in [6.45, 7) is 0.380. The molecule has 0 aliphatic rings. The van der Waals surface area contributed by atoms with Crippen molar-refractivity contribution in [2.45, 2.75) is 6.61 Å². The van der Waals surface area contributed by atoms with Crippen LogP contribution in [0.4, 0.5) is 0 Å². The number of fused-ring (bicyclic) bond motifs is 1. The van der Waals surface area contributed by atoms with Crippen molar-refractivity contribution in [1.29, 1.82) is 0 Å². The number of rotatable bonds is 7. The van der Waals surface area contributed by atoms with E-state index in [1.807, 2.05) is 79.0 Å². The van der Waals surface area contributed by atoms with E-state index in [-0.39, 0.29) is 5.91 Å². The van der Waals surface area contributed by atoms with Crippen molar-refractivity contribution in [2.24, 2.45) is 5.10 Å². The fourth-order valence-corrected chi connectivity index (χ4v) is 3.70. The van der Waals surface area contributed by atoms with Crippen LogP contribution < -0.4 is 10.2 Å². The minimum atomic E-state index is -0.380. The van der Waals surface area contributed by atoms with Crippen LogP contribution in [-0.4, -0.2) is 27.3 Å². The summed E-state index contributed by atoms with van der Waals surface area (Å²) < 4.78 is 5.81. The number of aromatic amines is 2. The molecule has 0 radical (unpaired) electrons. The summed E-state index contributed by atoms with van der Waals surface area (Å²) in [4.78, 5) is 15.6. The van der Waals surface area contributed by atoms with Gasteiger partial charge in [0.05, 0.1) is 11.9 Å². The van der Waals surface area contributed by atoms with Crippen molar-refractivity contribution < 1.29 is 9.53 Å². The molecule has 7 nitrogen and oxygen atoms in total. The average Bonchev–Trinajstić information content (AvgIpc) is 3.52. The fourth-order valence-electron chi connectivity index (χ4n) is 3.51. The molecule has 3 N–H and O–H groups in total. The lowest BCUT2D eigenvalue weighted by Gasteiger charge is -2.08. The first-order valence-electron chi connectivity index (χ1n) is 10.6. The Morgan fingerprint density at radius 3 is 2.71 bits per heavy atom. The number of aromatic nitrogens is 3. The Hall–Kier alpha value is -4.36. The highest BCUT2D eigenvalue weighted by Gasteiger charge is 2.11. The summed E-state index contributed by atoms with van der Waals surface area (Å²) in [6, 6.07) is 24.6. The van der Waals surface area contributed by atoms with Crippen LogP contribution in [-0.2, 0) is 6.61 Å². The van der Waals surface area contributed by atoms with Gasteiger partial charge in [0.1, 0.15) is 18.1 Å². The summed E-state index contributed by atoms with van der Waals surface area (Å²) in [6.07, 6.45) is 3.45. The van der Waals surface area contributed by atoms with Gasteiger partial charge >= 0.3 is 0 Å². The van der Waals surface area contributed by atoms with E-state index in [9.17, 15) is 4.79 Å². The van der Waals surface area contributed by atoms with E-state index >= 15 is 0 Å². The molecule has 2 heterocycles. The minimum absolute atomic E-state index is 0.310. The summed E-state index contributed by atoms with van der Waals surface area (Å²) in [7, 11) is 0. The van der Waals surface area contributed by atoms with Crippen LogP contribution in [0.1, 0.15) is 21.6 Å². The van der Waals surface area contributed by atoms with Gasteiger partial charge in [0.2, 0.25) is 0 Å². The number of hydrogen-bond acceptors (Lipinski definition) is 4. The van der Waals surface area contributed by atoms with Crippen LogP contribution in [0.15, 0.2) is 90.2 Å². The monoisotopic (exact) mass is 469 g/mol. The zero-order valence-corrected chi connectivity index (χ0v) is 18.7. The molecule has 3 aromatic carbocycles. The first-order valence-corrected chi connectivity index (χ1v) is 11.0. The second-order valence-corrected chi connectivity index (χ2v) is 7.97. The Bertz CT molecular complexity index is 1470. The van der Waals surface area contributed by atoms with E-state index in [0.29, 0.717) is 28.8 Å². The smallest absolute Gasteiger partial charge is 0.289 e. The van der Waals surface area contributed by atoms with E-state index in [4.69, 9.17) is 16.3 Å². The number of para-hydroxylation sites is 1. The largest absolute Gasteiger partial charge is 0.489 e. The summed E-state index contributed by atoms with van der Waals surface area (Å²) in [5.41, 5.74) is 7.14. The standard InChI is InChI=1S/C26H20ClN5O2/c27-22-7-3-1-5-18(22)16-34-20-11-9-17(10-12-20)24-13-25(31-30-24)26(33)32-29-15-19-14-28-23-8-4-2-6-21(19)23/h1-15,28H,16H2,(H,30,31)(H,32,33)/b29-15-. The number of nitrogens with zero attached hydrogens (tertiary/aromatic N) is 2. The number of H-pyrrole nitrogens is 2. The topological polar surface area (TPSA) is 95.2 Å². The van der Waals surface area contributed by atoms with Gasteiger partial charge in [-0.05, 0) is 42.5 Å². The molecule has 0 saturated carbocycles.